The van der Waals surface area contributed by atoms with Crippen molar-refractivity contribution >= 4 is 23.2 Å². The van der Waals surface area contributed by atoms with E-state index in [4.69, 9.17) is 5.26 Å². The van der Waals surface area contributed by atoms with Gasteiger partial charge in [-0.3, -0.25) is 9.59 Å². The van der Waals surface area contributed by atoms with Crippen molar-refractivity contribution in [2.75, 3.05) is 36.4 Å². The lowest BCUT2D eigenvalue weighted by molar-refractivity contribution is 0.0766. The Morgan fingerprint density at radius 3 is 2.36 bits per heavy atom. The zero-order valence-electron chi connectivity index (χ0n) is 18.6. The highest BCUT2D eigenvalue weighted by molar-refractivity contribution is 6.05. The van der Waals surface area contributed by atoms with Crippen LogP contribution in [0.1, 0.15) is 38.3 Å². The second kappa shape index (κ2) is 10.0. The van der Waals surface area contributed by atoms with E-state index >= 15 is 0 Å². The van der Waals surface area contributed by atoms with Crippen LogP contribution in [-0.4, -0.2) is 42.9 Å². The Labute approximate surface area is 194 Å². The topological polar surface area (TPSA) is 76.4 Å². The van der Waals surface area contributed by atoms with Gasteiger partial charge in [-0.1, -0.05) is 24.3 Å². The molecule has 0 aromatic heterocycles. The van der Waals surface area contributed by atoms with Gasteiger partial charge >= 0.3 is 0 Å². The molecule has 4 rings (SSSR count). The summed E-state index contributed by atoms with van der Waals surface area (Å²) in [5.41, 5.74) is 4.38. The van der Waals surface area contributed by atoms with E-state index < -0.39 is 0 Å². The average molecular weight is 439 g/mol. The first-order valence-electron chi connectivity index (χ1n) is 11.1. The van der Waals surface area contributed by atoms with E-state index in [9.17, 15) is 9.59 Å². The normalized spacial score (nSPS) is 13.7. The number of nitrogens with zero attached hydrogens (tertiary/aromatic N) is 3. The van der Waals surface area contributed by atoms with E-state index in [1.165, 1.54) is 0 Å². The lowest BCUT2D eigenvalue weighted by Gasteiger charge is -2.24. The number of hydrogen-bond donors (Lipinski definition) is 1. The number of aryl methyl sites for hydroxylation is 1. The summed E-state index contributed by atoms with van der Waals surface area (Å²) in [6.45, 7) is 4.77. The van der Waals surface area contributed by atoms with Crippen molar-refractivity contribution in [3.8, 4) is 6.07 Å². The molecule has 33 heavy (non-hydrogen) atoms. The van der Waals surface area contributed by atoms with E-state index in [1.807, 2.05) is 66.4 Å². The van der Waals surface area contributed by atoms with Gasteiger partial charge in [0, 0.05) is 48.7 Å². The minimum Gasteiger partial charge on any atom is -0.370 e. The number of carbonyl (C=O) groups excluding carboxylic acids is 2. The minimum atomic E-state index is -0.198. The largest absolute Gasteiger partial charge is 0.370 e. The van der Waals surface area contributed by atoms with Crippen LogP contribution in [0.4, 0.5) is 11.4 Å². The molecule has 1 saturated heterocycles. The number of rotatable bonds is 4. The second-order valence-corrected chi connectivity index (χ2v) is 8.14. The highest BCUT2D eigenvalue weighted by Gasteiger charge is 2.21. The zero-order valence-corrected chi connectivity index (χ0v) is 18.6. The summed E-state index contributed by atoms with van der Waals surface area (Å²) in [4.78, 5) is 30.0. The predicted octanol–water partition coefficient (Wildman–Crippen LogP) is 4.47. The Balaban J connectivity index is 1.44. The molecule has 0 atom stereocenters. The van der Waals surface area contributed by atoms with E-state index in [0.29, 0.717) is 35.5 Å². The average Bonchev–Trinajstić information content (AvgIpc) is 3.12. The van der Waals surface area contributed by atoms with Crippen LogP contribution < -0.4 is 10.2 Å². The van der Waals surface area contributed by atoms with Gasteiger partial charge in [0.2, 0.25) is 0 Å². The van der Waals surface area contributed by atoms with Crippen molar-refractivity contribution in [2.24, 2.45) is 0 Å². The molecule has 2 amide bonds. The van der Waals surface area contributed by atoms with Gasteiger partial charge in [0.1, 0.15) is 0 Å². The van der Waals surface area contributed by atoms with Crippen LogP contribution >= 0.6 is 0 Å². The smallest absolute Gasteiger partial charge is 0.255 e. The Morgan fingerprint density at radius 1 is 0.879 bits per heavy atom. The van der Waals surface area contributed by atoms with Crippen molar-refractivity contribution in [3.63, 3.8) is 0 Å². The summed E-state index contributed by atoms with van der Waals surface area (Å²) >= 11 is 0. The molecule has 0 unspecified atom stereocenters. The number of benzene rings is 3. The molecule has 1 fully saturated rings. The highest BCUT2D eigenvalue weighted by Crippen LogP contribution is 2.21. The van der Waals surface area contributed by atoms with E-state index in [2.05, 4.69) is 16.3 Å². The summed E-state index contributed by atoms with van der Waals surface area (Å²) in [5, 5.41) is 11.9. The molecule has 6 heteroatoms. The molecule has 1 aliphatic rings. The standard InChI is InChI=1S/C27H26N4O2/c1-20-8-11-23(18-25(20)29-26(32)22-6-3-2-4-7-22)27(33)31-15-5-14-30(16-17-31)24-12-9-21(19-28)10-13-24/h2-4,6-13,18H,5,14-17H2,1H3,(H,29,32). The summed E-state index contributed by atoms with van der Waals surface area (Å²) in [6.07, 6.45) is 0.856. The first-order chi connectivity index (χ1) is 16.0. The Hall–Kier alpha value is -4.11. The second-order valence-electron chi connectivity index (χ2n) is 8.14. The van der Waals surface area contributed by atoms with Gasteiger partial charge in [-0.2, -0.15) is 5.26 Å². The van der Waals surface area contributed by atoms with Crippen LogP contribution in [0.5, 0.6) is 0 Å². The fraction of sp³-hybridized carbons (Fsp3) is 0.222. The molecule has 0 aliphatic carbocycles. The summed E-state index contributed by atoms with van der Waals surface area (Å²) in [7, 11) is 0. The molecule has 1 aliphatic heterocycles. The van der Waals surface area contributed by atoms with Crippen LogP contribution in [0.15, 0.2) is 72.8 Å². The van der Waals surface area contributed by atoms with Gasteiger partial charge < -0.3 is 15.1 Å². The lowest BCUT2D eigenvalue weighted by Crippen LogP contribution is -2.35. The molecule has 0 bridgehead atoms. The molecule has 0 saturated carbocycles. The van der Waals surface area contributed by atoms with E-state index in [-0.39, 0.29) is 11.8 Å². The number of carbonyl (C=O) groups is 2. The maximum absolute atomic E-state index is 13.3. The van der Waals surface area contributed by atoms with Gasteiger partial charge in [-0.05, 0) is 67.4 Å². The molecular weight excluding hydrogens is 412 g/mol. The summed E-state index contributed by atoms with van der Waals surface area (Å²) in [6, 6.07) is 24.2. The molecule has 1 N–H and O–H groups in total. The Morgan fingerprint density at radius 2 is 1.64 bits per heavy atom. The molecule has 166 valence electrons. The zero-order chi connectivity index (χ0) is 23.2. The van der Waals surface area contributed by atoms with Gasteiger partial charge in [-0.25, -0.2) is 0 Å². The van der Waals surface area contributed by atoms with Crippen LogP contribution in [0.2, 0.25) is 0 Å². The fourth-order valence-electron chi connectivity index (χ4n) is 3.98. The molecule has 6 nitrogen and oxygen atoms in total. The maximum atomic E-state index is 13.3. The number of anilines is 2. The number of amides is 2. The molecule has 3 aromatic rings. The molecule has 0 radical (unpaired) electrons. The first kappa shape index (κ1) is 22.1. The van der Waals surface area contributed by atoms with Crippen molar-refractivity contribution < 1.29 is 9.59 Å². The van der Waals surface area contributed by atoms with E-state index in [1.54, 1.807) is 18.2 Å². The Bertz CT molecular complexity index is 1180. The molecule has 3 aromatic carbocycles. The predicted molar refractivity (Wildman–Crippen MR) is 129 cm³/mol. The maximum Gasteiger partial charge on any atom is 0.255 e. The lowest BCUT2D eigenvalue weighted by atomic mass is 10.1. The van der Waals surface area contributed by atoms with Crippen LogP contribution in [-0.2, 0) is 0 Å². The van der Waals surface area contributed by atoms with Crippen LogP contribution in [0.25, 0.3) is 0 Å². The summed E-state index contributed by atoms with van der Waals surface area (Å²) < 4.78 is 0. The minimum absolute atomic E-state index is 0.0353. The molecular formula is C27H26N4O2. The fourth-order valence-corrected chi connectivity index (χ4v) is 3.98. The van der Waals surface area contributed by atoms with Gasteiger partial charge in [0.25, 0.3) is 11.8 Å². The highest BCUT2D eigenvalue weighted by atomic mass is 16.2. The third-order valence-corrected chi connectivity index (χ3v) is 5.91. The number of nitrogens with one attached hydrogen (secondary N) is 1. The Kier molecular flexibility index (Phi) is 6.70. The molecule has 0 spiro atoms. The van der Waals surface area contributed by atoms with Gasteiger partial charge in [-0.15, -0.1) is 0 Å². The van der Waals surface area contributed by atoms with E-state index in [0.717, 1.165) is 30.8 Å². The SMILES string of the molecule is Cc1ccc(C(=O)N2CCCN(c3ccc(C#N)cc3)CC2)cc1NC(=O)c1ccccc1. The van der Waals surface area contributed by atoms with Crippen molar-refractivity contribution in [3.05, 3.63) is 95.1 Å². The third-order valence-electron chi connectivity index (χ3n) is 5.91. The summed E-state index contributed by atoms with van der Waals surface area (Å²) in [5.74, 6) is -0.233. The van der Waals surface area contributed by atoms with Gasteiger partial charge in [0.15, 0.2) is 0 Å². The van der Waals surface area contributed by atoms with Crippen molar-refractivity contribution in [1.82, 2.24) is 4.90 Å². The van der Waals surface area contributed by atoms with Crippen molar-refractivity contribution in [1.29, 1.82) is 5.26 Å². The number of hydrogen-bond acceptors (Lipinski definition) is 4. The monoisotopic (exact) mass is 438 g/mol. The third kappa shape index (κ3) is 5.21. The quantitative estimate of drug-likeness (QED) is 0.652. The number of nitriles is 1. The molecule has 1 heterocycles. The van der Waals surface area contributed by atoms with Gasteiger partial charge in [0.05, 0.1) is 11.6 Å². The van der Waals surface area contributed by atoms with Crippen LogP contribution in [0.3, 0.4) is 0 Å². The van der Waals surface area contributed by atoms with Crippen LogP contribution in [0, 0.1) is 18.3 Å². The van der Waals surface area contributed by atoms with Crippen molar-refractivity contribution in [2.45, 2.75) is 13.3 Å². The first-order valence-corrected chi connectivity index (χ1v) is 11.1.